The number of nitrogens with two attached hydrogens (primary N) is 1. The summed E-state index contributed by atoms with van der Waals surface area (Å²) in [5, 5.41) is 10.3. The Balaban J connectivity index is 2.90. The van der Waals surface area contributed by atoms with Crippen molar-refractivity contribution in [1.82, 2.24) is 0 Å². The fourth-order valence-corrected chi connectivity index (χ4v) is 1.17. The van der Waals surface area contributed by atoms with Crippen LogP contribution in [0.2, 0.25) is 0 Å². The van der Waals surface area contributed by atoms with Gasteiger partial charge in [0, 0.05) is 6.07 Å². The Morgan fingerprint density at radius 1 is 1.41 bits per heavy atom. The first-order valence-electron chi connectivity index (χ1n) is 4.47. The lowest BCUT2D eigenvalue weighted by Gasteiger charge is -2.15. The van der Waals surface area contributed by atoms with E-state index < -0.39 is 35.1 Å². The summed E-state index contributed by atoms with van der Waals surface area (Å²) in [6.45, 7) is 0. The van der Waals surface area contributed by atoms with E-state index in [1.165, 1.54) is 0 Å². The molecule has 1 aromatic rings. The van der Waals surface area contributed by atoms with Crippen LogP contribution in [0.15, 0.2) is 18.2 Å². The van der Waals surface area contributed by atoms with E-state index in [1.807, 2.05) is 0 Å². The Kier molecular flexibility index (Phi) is 3.66. The number of alkyl halides is 3. The minimum Gasteiger partial charge on any atom is -0.320 e. The molecule has 4 nitrogen and oxygen atoms in total. The second kappa shape index (κ2) is 4.66. The summed E-state index contributed by atoms with van der Waals surface area (Å²) in [5.74, 6) is -1.07. The van der Waals surface area contributed by atoms with Crippen molar-refractivity contribution in [3.63, 3.8) is 0 Å². The number of rotatable bonds is 3. The second-order valence-corrected chi connectivity index (χ2v) is 3.39. The molecular weight excluding hydrogens is 244 g/mol. The van der Waals surface area contributed by atoms with E-state index in [4.69, 9.17) is 5.73 Å². The van der Waals surface area contributed by atoms with Gasteiger partial charge < -0.3 is 5.73 Å². The molecule has 0 spiro atoms. The number of hydrogen-bond acceptors (Lipinski definition) is 3. The molecule has 0 saturated heterocycles. The van der Waals surface area contributed by atoms with Crippen LogP contribution in [0.3, 0.4) is 0 Å². The van der Waals surface area contributed by atoms with Gasteiger partial charge in [-0.1, -0.05) is 0 Å². The number of nitrogens with zero attached hydrogens (tertiary/aromatic N) is 1. The molecule has 0 bridgehead atoms. The van der Waals surface area contributed by atoms with Gasteiger partial charge in [-0.05, 0) is 18.1 Å². The van der Waals surface area contributed by atoms with Crippen LogP contribution in [0.5, 0.6) is 0 Å². The van der Waals surface area contributed by atoms with Crippen molar-refractivity contribution in [3.05, 3.63) is 39.7 Å². The van der Waals surface area contributed by atoms with Gasteiger partial charge in [0.25, 0.3) is 5.69 Å². The van der Waals surface area contributed by atoms with E-state index in [2.05, 4.69) is 0 Å². The Hall–Kier alpha value is -1.70. The summed E-state index contributed by atoms with van der Waals surface area (Å²) in [5.41, 5.74) is 4.00. The van der Waals surface area contributed by atoms with E-state index in [0.29, 0.717) is 6.07 Å². The third kappa shape index (κ3) is 3.38. The molecule has 1 aromatic carbocycles. The lowest BCUT2D eigenvalue weighted by molar-refractivity contribution is -0.385. The Labute approximate surface area is 93.2 Å². The molecule has 0 aliphatic rings. The summed E-state index contributed by atoms with van der Waals surface area (Å²) in [4.78, 5) is 9.44. The molecule has 0 aromatic heterocycles. The molecule has 8 heteroatoms. The lowest BCUT2D eigenvalue weighted by atomic mass is 10.1. The van der Waals surface area contributed by atoms with Gasteiger partial charge in [0.1, 0.15) is 11.9 Å². The smallest absolute Gasteiger partial charge is 0.320 e. The highest BCUT2D eigenvalue weighted by Crippen LogP contribution is 2.24. The Bertz CT molecular complexity index is 433. The zero-order chi connectivity index (χ0) is 13.2. The fraction of sp³-hybridized carbons (Fsp3) is 0.333. The second-order valence-electron chi connectivity index (χ2n) is 3.39. The van der Waals surface area contributed by atoms with Crippen molar-refractivity contribution in [2.24, 2.45) is 5.73 Å². The van der Waals surface area contributed by atoms with Crippen molar-refractivity contribution in [3.8, 4) is 0 Å². The van der Waals surface area contributed by atoms with E-state index >= 15 is 0 Å². The van der Waals surface area contributed by atoms with Crippen molar-refractivity contribution < 1.29 is 22.5 Å². The van der Waals surface area contributed by atoms with Gasteiger partial charge in [-0.2, -0.15) is 13.2 Å². The first-order valence-corrected chi connectivity index (χ1v) is 4.47. The highest BCUT2D eigenvalue weighted by Gasteiger charge is 2.37. The largest absolute Gasteiger partial charge is 0.403 e. The molecule has 0 aliphatic carbocycles. The maximum Gasteiger partial charge on any atom is 0.403 e. The lowest BCUT2D eigenvalue weighted by Crippen LogP contribution is -2.39. The predicted octanol–water partition coefficient (Wildman–Crippen LogP) is 2.17. The van der Waals surface area contributed by atoms with Crippen molar-refractivity contribution >= 4 is 5.69 Å². The minimum absolute atomic E-state index is 0.305. The van der Waals surface area contributed by atoms with Crippen molar-refractivity contribution in [2.45, 2.75) is 18.6 Å². The van der Waals surface area contributed by atoms with E-state index in [9.17, 15) is 27.7 Å². The van der Waals surface area contributed by atoms with Crippen LogP contribution in [0.1, 0.15) is 5.56 Å². The zero-order valence-corrected chi connectivity index (χ0v) is 8.37. The molecule has 0 amide bonds. The molecule has 1 unspecified atom stereocenters. The highest BCUT2D eigenvalue weighted by molar-refractivity contribution is 5.34. The number of non-ortho nitro benzene ring substituents is 1. The SMILES string of the molecule is NC(Cc1ccc([N+](=O)[O-])cc1F)C(F)(F)F. The molecule has 0 heterocycles. The molecule has 2 N–H and O–H groups in total. The quantitative estimate of drug-likeness (QED) is 0.509. The standard InChI is InChI=1S/C9H8F4N2O2/c10-7-4-6(15(16)17)2-1-5(7)3-8(14)9(11,12)13/h1-2,4,8H,3,14H2. The first-order chi connectivity index (χ1) is 7.71. The fourth-order valence-electron chi connectivity index (χ4n) is 1.17. The molecule has 1 atom stereocenters. The van der Waals surface area contributed by atoms with Gasteiger partial charge in [-0.25, -0.2) is 4.39 Å². The topological polar surface area (TPSA) is 69.2 Å². The van der Waals surface area contributed by atoms with Crippen molar-refractivity contribution in [2.75, 3.05) is 0 Å². The van der Waals surface area contributed by atoms with Gasteiger partial charge in [-0.3, -0.25) is 10.1 Å². The molecule has 1 rings (SSSR count). The maximum absolute atomic E-state index is 13.2. The van der Waals surface area contributed by atoms with Crippen LogP contribution in [0.25, 0.3) is 0 Å². The van der Waals surface area contributed by atoms with Gasteiger partial charge >= 0.3 is 6.18 Å². The highest BCUT2D eigenvalue weighted by atomic mass is 19.4. The van der Waals surface area contributed by atoms with Crippen LogP contribution >= 0.6 is 0 Å². The number of nitro groups is 1. The van der Waals surface area contributed by atoms with Gasteiger partial charge in [0.05, 0.1) is 11.0 Å². The maximum atomic E-state index is 13.2. The predicted molar refractivity (Wildman–Crippen MR) is 50.8 cm³/mol. The van der Waals surface area contributed by atoms with Crippen LogP contribution in [-0.4, -0.2) is 17.1 Å². The summed E-state index contributed by atoms with van der Waals surface area (Å²) in [6.07, 6.45) is -5.39. The summed E-state index contributed by atoms with van der Waals surface area (Å²) in [7, 11) is 0. The molecular formula is C9H8F4N2O2. The molecule has 0 saturated carbocycles. The van der Waals surface area contributed by atoms with E-state index in [0.717, 1.165) is 12.1 Å². The molecule has 0 fully saturated rings. The third-order valence-electron chi connectivity index (χ3n) is 2.11. The first kappa shape index (κ1) is 13.4. The summed E-state index contributed by atoms with van der Waals surface area (Å²) in [6, 6.07) is 0.234. The number of nitro benzene ring substituents is 1. The number of halogens is 4. The zero-order valence-electron chi connectivity index (χ0n) is 8.37. The third-order valence-corrected chi connectivity index (χ3v) is 2.11. The van der Waals surface area contributed by atoms with Crippen LogP contribution in [0, 0.1) is 15.9 Å². The monoisotopic (exact) mass is 252 g/mol. The van der Waals surface area contributed by atoms with Gasteiger partial charge in [0.15, 0.2) is 0 Å². The van der Waals surface area contributed by atoms with Gasteiger partial charge in [0.2, 0.25) is 0 Å². The number of hydrogen-bond donors (Lipinski definition) is 1. The van der Waals surface area contributed by atoms with Crippen LogP contribution in [0.4, 0.5) is 23.2 Å². The summed E-state index contributed by atoms with van der Waals surface area (Å²) >= 11 is 0. The van der Waals surface area contributed by atoms with Gasteiger partial charge in [-0.15, -0.1) is 0 Å². The Morgan fingerprint density at radius 3 is 2.41 bits per heavy atom. The minimum atomic E-state index is -4.63. The summed E-state index contributed by atoms with van der Waals surface area (Å²) < 4.78 is 49.6. The molecule has 0 radical (unpaired) electrons. The van der Waals surface area contributed by atoms with Crippen LogP contribution in [-0.2, 0) is 6.42 Å². The average Bonchev–Trinajstić information content (AvgIpc) is 2.19. The van der Waals surface area contributed by atoms with Crippen molar-refractivity contribution in [1.29, 1.82) is 0 Å². The number of benzene rings is 1. The molecule has 17 heavy (non-hydrogen) atoms. The Morgan fingerprint density at radius 2 is 2.00 bits per heavy atom. The average molecular weight is 252 g/mol. The van der Waals surface area contributed by atoms with Crippen LogP contribution < -0.4 is 5.73 Å². The normalized spacial score (nSPS) is 13.5. The molecule has 94 valence electrons. The molecule has 0 aliphatic heterocycles. The van der Waals surface area contributed by atoms with E-state index in [-0.39, 0.29) is 5.56 Å². The van der Waals surface area contributed by atoms with E-state index in [1.54, 1.807) is 0 Å².